The fraction of sp³-hybridized carbons (Fsp3) is 0.432. The van der Waals surface area contributed by atoms with E-state index in [1.165, 1.54) is 7.05 Å². The second-order valence-corrected chi connectivity index (χ2v) is 13.1. The highest BCUT2D eigenvalue weighted by molar-refractivity contribution is 5.80. The molecular formula is C37H43F2N5O9. The quantitative estimate of drug-likeness (QED) is 0.104. The average molecular weight is 740 g/mol. The first kappa shape index (κ1) is 40.1. The number of nitrogens with one attached hydrogen (secondary N) is 2. The Labute approximate surface area is 302 Å². The number of aromatic amines is 2. The second kappa shape index (κ2) is 17.7. The van der Waals surface area contributed by atoms with Gasteiger partial charge in [-0.05, 0) is 63.1 Å². The van der Waals surface area contributed by atoms with Gasteiger partial charge in [0, 0.05) is 50.4 Å². The molecule has 0 fully saturated rings. The van der Waals surface area contributed by atoms with E-state index in [1.54, 1.807) is 12.1 Å². The van der Waals surface area contributed by atoms with Crippen molar-refractivity contribution in [1.29, 1.82) is 0 Å². The number of rotatable bonds is 14. The standard InChI is InChI=1S/C37H43F2N5O9/c1-6-7-8-9-23-17-28(52-31(46)13-15-43-33(47)26(38)19-40-35(43)49)32(25-16-22(4)10-11-24(25)21(2)3)29(18-23)53-37(51)42(5)14-12-30(45)44-34(48)27(39)20-41-36(44)50/h16-20,24-25H,2,6-15H2,1,3-5H3,(H,40,49)(H,41,50)/t24-,25?/m0/s1. The van der Waals surface area contributed by atoms with Crippen LogP contribution in [0.2, 0.25) is 0 Å². The monoisotopic (exact) mass is 739 g/mol. The maximum atomic E-state index is 13.9. The lowest BCUT2D eigenvalue weighted by Gasteiger charge is -2.33. The number of esters is 1. The van der Waals surface area contributed by atoms with Crippen LogP contribution in [0.25, 0.3) is 0 Å². The van der Waals surface area contributed by atoms with Crippen molar-refractivity contribution < 1.29 is 32.6 Å². The van der Waals surface area contributed by atoms with Crippen molar-refractivity contribution in [2.75, 3.05) is 13.6 Å². The molecule has 0 spiro atoms. The van der Waals surface area contributed by atoms with E-state index in [0.29, 0.717) is 40.9 Å². The number of H-pyrrole nitrogens is 2. The average Bonchev–Trinajstić information content (AvgIpc) is 3.10. The number of benzene rings is 1. The summed E-state index contributed by atoms with van der Waals surface area (Å²) in [6, 6.07) is 3.37. The lowest BCUT2D eigenvalue weighted by molar-refractivity contribution is -0.134. The number of amides is 1. The van der Waals surface area contributed by atoms with Crippen LogP contribution < -0.4 is 32.0 Å². The molecule has 0 saturated heterocycles. The maximum Gasteiger partial charge on any atom is 0.414 e. The topological polar surface area (TPSA) is 183 Å². The van der Waals surface area contributed by atoms with Gasteiger partial charge in [0.05, 0.1) is 6.42 Å². The summed E-state index contributed by atoms with van der Waals surface area (Å²) in [5, 5.41) is 0. The van der Waals surface area contributed by atoms with Gasteiger partial charge in [-0.15, -0.1) is 0 Å². The Morgan fingerprint density at radius 3 is 2.26 bits per heavy atom. The van der Waals surface area contributed by atoms with E-state index in [0.717, 1.165) is 41.7 Å². The number of aromatic nitrogens is 4. The highest BCUT2D eigenvalue weighted by atomic mass is 19.1. The van der Waals surface area contributed by atoms with Crippen LogP contribution in [0.3, 0.4) is 0 Å². The number of ether oxygens (including phenoxy) is 2. The predicted octanol–water partition coefficient (Wildman–Crippen LogP) is 4.57. The van der Waals surface area contributed by atoms with Crippen molar-refractivity contribution in [2.24, 2.45) is 5.92 Å². The zero-order chi connectivity index (χ0) is 39.0. The molecule has 1 amide bonds. The van der Waals surface area contributed by atoms with Crippen molar-refractivity contribution in [1.82, 2.24) is 24.0 Å². The Morgan fingerprint density at radius 1 is 0.962 bits per heavy atom. The molecule has 0 saturated carbocycles. The number of nitrogens with zero attached hydrogens (tertiary/aromatic N) is 3. The Balaban J connectivity index is 1.71. The summed E-state index contributed by atoms with van der Waals surface area (Å²) in [5.74, 6) is -4.87. The minimum absolute atomic E-state index is 0.0720. The minimum Gasteiger partial charge on any atom is -0.426 e. The van der Waals surface area contributed by atoms with Gasteiger partial charge in [0.15, 0.2) is 0 Å². The van der Waals surface area contributed by atoms with E-state index < -0.39 is 77.4 Å². The Bertz CT molecular complexity index is 2160. The molecule has 14 nitrogen and oxygen atoms in total. The Hall–Kier alpha value is -5.67. The molecule has 2 N–H and O–H groups in total. The first-order valence-electron chi connectivity index (χ1n) is 17.3. The third-order valence-electron chi connectivity index (χ3n) is 9.08. The van der Waals surface area contributed by atoms with Gasteiger partial charge in [-0.1, -0.05) is 43.6 Å². The summed E-state index contributed by atoms with van der Waals surface area (Å²) in [5.41, 5.74) is -1.73. The zero-order valence-corrected chi connectivity index (χ0v) is 30.1. The van der Waals surface area contributed by atoms with E-state index in [9.17, 15) is 42.3 Å². The second-order valence-electron chi connectivity index (χ2n) is 13.1. The van der Waals surface area contributed by atoms with Gasteiger partial charge >= 0.3 is 23.4 Å². The van der Waals surface area contributed by atoms with Crippen LogP contribution in [0.4, 0.5) is 13.6 Å². The molecule has 1 unspecified atom stereocenters. The fourth-order valence-corrected chi connectivity index (χ4v) is 6.16. The molecular weight excluding hydrogens is 696 g/mol. The van der Waals surface area contributed by atoms with Crippen molar-refractivity contribution in [3.63, 3.8) is 0 Å². The van der Waals surface area contributed by atoms with Crippen LogP contribution in [0.15, 0.2) is 67.5 Å². The van der Waals surface area contributed by atoms with Crippen LogP contribution in [0, 0.1) is 17.6 Å². The van der Waals surface area contributed by atoms with Crippen LogP contribution in [0.1, 0.15) is 87.6 Å². The molecule has 16 heteroatoms. The number of halogens is 2. The molecule has 2 atom stereocenters. The summed E-state index contributed by atoms with van der Waals surface area (Å²) < 4.78 is 40.2. The van der Waals surface area contributed by atoms with Crippen LogP contribution in [-0.2, 0) is 17.8 Å². The highest BCUT2D eigenvalue weighted by Crippen LogP contribution is 2.47. The Kier molecular flexibility index (Phi) is 13.4. The molecule has 0 bridgehead atoms. The van der Waals surface area contributed by atoms with Crippen molar-refractivity contribution in [2.45, 2.75) is 84.6 Å². The number of carbonyl (C=O) groups is 3. The number of hydrogen-bond donors (Lipinski definition) is 2. The van der Waals surface area contributed by atoms with Gasteiger partial charge in [0.25, 0.3) is 11.1 Å². The van der Waals surface area contributed by atoms with Gasteiger partial charge < -0.3 is 24.3 Å². The minimum atomic E-state index is -1.42. The van der Waals surface area contributed by atoms with Gasteiger partial charge in [-0.2, -0.15) is 13.3 Å². The summed E-state index contributed by atoms with van der Waals surface area (Å²) >= 11 is 0. The molecule has 1 aromatic carbocycles. The summed E-state index contributed by atoms with van der Waals surface area (Å²) in [6.45, 7) is 9.25. The van der Waals surface area contributed by atoms with Gasteiger partial charge in [0.2, 0.25) is 17.5 Å². The lowest BCUT2D eigenvalue weighted by Crippen LogP contribution is -2.42. The van der Waals surface area contributed by atoms with Crippen molar-refractivity contribution in [3.05, 3.63) is 113 Å². The van der Waals surface area contributed by atoms with Gasteiger partial charge in [-0.3, -0.25) is 23.7 Å². The molecule has 2 aromatic heterocycles. The number of carbonyl (C=O) groups excluding carboxylic acids is 3. The third kappa shape index (κ3) is 9.81. The molecule has 284 valence electrons. The molecule has 2 heterocycles. The molecule has 0 aliphatic heterocycles. The van der Waals surface area contributed by atoms with Crippen LogP contribution >= 0.6 is 0 Å². The first-order valence-corrected chi connectivity index (χ1v) is 17.3. The number of aryl methyl sites for hydroxylation is 1. The highest BCUT2D eigenvalue weighted by Gasteiger charge is 2.33. The SMILES string of the molecule is C=C(C)[C@@H]1CCC(C)=CC1c1c(OC(=O)CCn2c(=O)[nH]cc(F)c2=O)cc(CCCCC)cc1OC(=O)N(C)CCC(=O)n1c(=O)[nH]cc(F)c1=O. The summed E-state index contributed by atoms with van der Waals surface area (Å²) in [6.07, 6.45) is 5.84. The van der Waals surface area contributed by atoms with Crippen LogP contribution in [0.5, 0.6) is 11.5 Å². The largest absolute Gasteiger partial charge is 0.426 e. The van der Waals surface area contributed by atoms with Crippen molar-refractivity contribution >= 4 is 18.0 Å². The molecule has 0 radical (unpaired) electrons. The van der Waals surface area contributed by atoms with Gasteiger partial charge in [0.1, 0.15) is 11.5 Å². The predicted molar refractivity (Wildman–Crippen MR) is 190 cm³/mol. The Morgan fingerprint density at radius 2 is 1.60 bits per heavy atom. The van der Waals surface area contributed by atoms with E-state index in [4.69, 9.17) is 9.47 Å². The molecule has 3 aromatic rings. The van der Waals surface area contributed by atoms with Crippen molar-refractivity contribution in [3.8, 4) is 11.5 Å². The normalized spacial score (nSPS) is 15.4. The van der Waals surface area contributed by atoms with E-state index in [2.05, 4.69) is 11.6 Å². The van der Waals surface area contributed by atoms with E-state index >= 15 is 0 Å². The third-order valence-corrected chi connectivity index (χ3v) is 9.08. The maximum absolute atomic E-state index is 13.9. The molecule has 1 aliphatic rings. The molecule has 53 heavy (non-hydrogen) atoms. The van der Waals surface area contributed by atoms with E-state index in [-0.39, 0.29) is 28.5 Å². The smallest absolute Gasteiger partial charge is 0.414 e. The number of unbranched alkanes of at least 4 members (excludes halogenated alkanes) is 2. The fourth-order valence-electron chi connectivity index (χ4n) is 6.16. The zero-order valence-electron chi connectivity index (χ0n) is 30.1. The number of allylic oxidation sites excluding steroid dienone is 3. The van der Waals surface area contributed by atoms with Crippen LogP contribution in [-0.4, -0.2) is 55.6 Å². The summed E-state index contributed by atoms with van der Waals surface area (Å²) in [4.78, 5) is 93.3. The lowest BCUT2D eigenvalue weighted by atomic mass is 9.73. The molecule has 1 aliphatic carbocycles. The van der Waals surface area contributed by atoms with Gasteiger partial charge in [-0.25, -0.2) is 14.4 Å². The molecule has 4 rings (SSSR count). The summed E-state index contributed by atoms with van der Waals surface area (Å²) in [7, 11) is 1.33. The first-order chi connectivity index (χ1) is 25.1. The van der Waals surface area contributed by atoms with E-state index in [1.807, 2.05) is 31.8 Å². The number of hydrogen-bond acceptors (Lipinski definition) is 9.